The molecule has 0 aliphatic rings. The summed E-state index contributed by atoms with van der Waals surface area (Å²) in [6.07, 6.45) is 2.79. The second-order valence-corrected chi connectivity index (χ2v) is 7.68. The van der Waals surface area contributed by atoms with Crippen LogP contribution in [0.3, 0.4) is 0 Å². The molecule has 0 bridgehead atoms. The van der Waals surface area contributed by atoms with E-state index in [0.717, 1.165) is 19.3 Å². The molecule has 0 aromatic heterocycles. The van der Waals surface area contributed by atoms with Gasteiger partial charge in [-0.1, -0.05) is 25.8 Å². The van der Waals surface area contributed by atoms with Crippen molar-refractivity contribution < 1.29 is 17.9 Å². The van der Waals surface area contributed by atoms with Gasteiger partial charge in [0.25, 0.3) is 5.91 Å². The standard InChI is InChI=1S/C17H29N3O4S.ClH/c1-4-5-6-14(12-18)20-17(21)16-11-15(8-7-13(16)2)25(22,23)19-9-10-24-3;/h7-8,11,14,19H,4-6,9-10,12,18H2,1-3H3,(H,20,21);1H. The number of hydrogen-bond acceptors (Lipinski definition) is 5. The predicted molar refractivity (Wildman–Crippen MR) is 105 cm³/mol. The Bertz CT molecular complexity index is 668. The first-order valence-corrected chi connectivity index (χ1v) is 9.94. The minimum atomic E-state index is -3.69. The maximum atomic E-state index is 12.5. The fourth-order valence-corrected chi connectivity index (χ4v) is 3.38. The molecule has 150 valence electrons. The third kappa shape index (κ3) is 7.59. The SMILES string of the molecule is CCCCC(CN)NC(=O)c1cc(S(=O)(=O)NCCOC)ccc1C.Cl. The van der Waals surface area contributed by atoms with Crippen LogP contribution >= 0.6 is 12.4 Å². The summed E-state index contributed by atoms with van der Waals surface area (Å²) in [6, 6.07) is 4.39. The van der Waals surface area contributed by atoms with E-state index in [0.29, 0.717) is 17.7 Å². The molecule has 7 nitrogen and oxygen atoms in total. The van der Waals surface area contributed by atoms with Crippen molar-refractivity contribution in [2.75, 3.05) is 26.8 Å². The number of nitrogens with two attached hydrogens (primary N) is 1. The largest absolute Gasteiger partial charge is 0.383 e. The molecular weight excluding hydrogens is 378 g/mol. The molecule has 1 aromatic rings. The highest BCUT2D eigenvalue weighted by atomic mass is 35.5. The molecule has 1 aromatic carbocycles. The molecule has 0 heterocycles. The Morgan fingerprint density at radius 2 is 2.04 bits per heavy atom. The monoisotopic (exact) mass is 407 g/mol. The topological polar surface area (TPSA) is 111 Å². The number of rotatable bonds is 11. The molecule has 0 saturated heterocycles. The molecular formula is C17H30ClN3O4S. The van der Waals surface area contributed by atoms with Gasteiger partial charge in [-0.25, -0.2) is 13.1 Å². The van der Waals surface area contributed by atoms with Gasteiger partial charge in [-0.3, -0.25) is 4.79 Å². The Hall–Kier alpha value is -1.19. The van der Waals surface area contributed by atoms with Crippen LogP contribution in [0.5, 0.6) is 0 Å². The number of nitrogens with one attached hydrogen (secondary N) is 2. The molecule has 0 saturated carbocycles. The first-order valence-electron chi connectivity index (χ1n) is 8.45. The van der Waals surface area contributed by atoms with Gasteiger partial charge in [0.05, 0.1) is 11.5 Å². The molecule has 1 atom stereocenters. The fraction of sp³-hybridized carbons (Fsp3) is 0.588. The number of methoxy groups -OCH3 is 1. The summed E-state index contributed by atoms with van der Waals surface area (Å²) in [5.41, 5.74) is 6.76. The number of hydrogen-bond donors (Lipinski definition) is 3. The zero-order valence-corrected chi connectivity index (χ0v) is 17.2. The lowest BCUT2D eigenvalue weighted by Gasteiger charge is -2.18. The summed E-state index contributed by atoms with van der Waals surface area (Å²) in [5.74, 6) is -0.307. The molecule has 0 aliphatic carbocycles. The highest BCUT2D eigenvalue weighted by molar-refractivity contribution is 7.89. The average molecular weight is 408 g/mol. The van der Waals surface area contributed by atoms with Crippen molar-refractivity contribution >= 4 is 28.3 Å². The third-order valence-electron chi connectivity index (χ3n) is 3.89. The molecule has 0 radical (unpaired) electrons. The quantitative estimate of drug-likeness (QED) is 0.482. The number of sulfonamides is 1. The lowest BCUT2D eigenvalue weighted by atomic mass is 10.1. The minimum absolute atomic E-state index is 0. The second-order valence-electron chi connectivity index (χ2n) is 5.92. The van der Waals surface area contributed by atoms with Crippen molar-refractivity contribution in [1.29, 1.82) is 0 Å². The van der Waals surface area contributed by atoms with Crippen LogP contribution < -0.4 is 15.8 Å². The van der Waals surface area contributed by atoms with Gasteiger partial charge in [-0.05, 0) is 31.0 Å². The molecule has 0 fully saturated rings. The molecule has 0 spiro atoms. The fourth-order valence-electron chi connectivity index (χ4n) is 2.34. The maximum Gasteiger partial charge on any atom is 0.251 e. The van der Waals surface area contributed by atoms with Gasteiger partial charge in [-0.2, -0.15) is 0 Å². The third-order valence-corrected chi connectivity index (χ3v) is 5.35. The van der Waals surface area contributed by atoms with Crippen molar-refractivity contribution in [3.05, 3.63) is 29.3 Å². The predicted octanol–water partition coefficient (Wildman–Crippen LogP) is 1.59. The average Bonchev–Trinajstić information content (AvgIpc) is 2.58. The molecule has 26 heavy (non-hydrogen) atoms. The molecule has 1 unspecified atom stereocenters. The van der Waals surface area contributed by atoms with E-state index in [9.17, 15) is 13.2 Å². The van der Waals surface area contributed by atoms with Crippen molar-refractivity contribution in [2.24, 2.45) is 5.73 Å². The number of aryl methyl sites for hydroxylation is 1. The van der Waals surface area contributed by atoms with E-state index in [1.54, 1.807) is 13.0 Å². The second kappa shape index (κ2) is 12.2. The molecule has 4 N–H and O–H groups in total. The number of halogens is 1. The number of benzene rings is 1. The van der Waals surface area contributed by atoms with E-state index in [1.165, 1.54) is 19.2 Å². The van der Waals surface area contributed by atoms with Gasteiger partial charge in [-0.15, -0.1) is 12.4 Å². The summed E-state index contributed by atoms with van der Waals surface area (Å²) < 4.78 is 31.9. The van der Waals surface area contributed by atoms with Crippen molar-refractivity contribution in [3.63, 3.8) is 0 Å². The van der Waals surface area contributed by atoms with Gasteiger partial charge >= 0.3 is 0 Å². The van der Waals surface area contributed by atoms with Crippen LogP contribution in [0.1, 0.15) is 42.1 Å². The number of carbonyl (C=O) groups excluding carboxylic acids is 1. The normalized spacial score (nSPS) is 12.3. The summed E-state index contributed by atoms with van der Waals surface area (Å²) in [7, 11) is -2.19. The van der Waals surface area contributed by atoms with E-state index in [-0.39, 0.29) is 42.4 Å². The zero-order chi connectivity index (χ0) is 18.9. The summed E-state index contributed by atoms with van der Waals surface area (Å²) in [6.45, 7) is 4.63. The summed E-state index contributed by atoms with van der Waals surface area (Å²) >= 11 is 0. The lowest BCUT2D eigenvalue weighted by molar-refractivity contribution is 0.0935. The van der Waals surface area contributed by atoms with E-state index in [1.807, 2.05) is 0 Å². The van der Waals surface area contributed by atoms with E-state index < -0.39 is 10.0 Å². The van der Waals surface area contributed by atoms with Crippen LogP contribution in [0.4, 0.5) is 0 Å². The Morgan fingerprint density at radius 1 is 1.35 bits per heavy atom. The molecule has 9 heteroatoms. The van der Waals surface area contributed by atoms with Crippen LogP contribution in [0, 0.1) is 6.92 Å². The lowest BCUT2D eigenvalue weighted by Crippen LogP contribution is -2.40. The summed E-state index contributed by atoms with van der Waals surface area (Å²) in [4.78, 5) is 12.6. The van der Waals surface area contributed by atoms with Crippen molar-refractivity contribution in [1.82, 2.24) is 10.0 Å². The van der Waals surface area contributed by atoms with Gasteiger partial charge in [0, 0.05) is 31.8 Å². The van der Waals surface area contributed by atoms with E-state index in [4.69, 9.17) is 10.5 Å². The first-order chi connectivity index (χ1) is 11.9. The van der Waals surface area contributed by atoms with Crippen molar-refractivity contribution in [3.8, 4) is 0 Å². The first kappa shape index (κ1) is 24.8. The smallest absolute Gasteiger partial charge is 0.251 e. The van der Waals surface area contributed by atoms with Gasteiger partial charge in [0.1, 0.15) is 0 Å². The Kier molecular flexibility index (Phi) is 11.7. The van der Waals surface area contributed by atoms with Gasteiger partial charge < -0.3 is 15.8 Å². The van der Waals surface area contributed by atoms with Crippen molar-refractivity contribution in [2.45, 2.75) is 44.0 Å². The molecule has 1 rings (SSSR count). The zero-order valence-electron chi connectivity index (χ0n) is 15.6. The Balaban J connectivity index is 0.00000625. The van der Waals surface area contributed by atoms with Crippen LogP contribution in [-0.4, -0.2) is 47.2 Å². The highest BCUT2D eigenvalue weighted by Gasteiger charge is 2.19. The van der Waals surface area contributed by atoms with E-state index >= 15 is 0 Å². The Morgan fingerprint density at radius 3 is 2.62 bits per heavy atom. The summed E-state index contributed by atoms with van der Waals surface area (Å²) in [5, 5.41) is 2.89. The highest BCUT2D eigenvalue weighted by Crippen LogP contribution is 2.16. The number of ether oxygens (including phenoxy) is 1. The molecule has 1 amide bonds. The number of unbranched alkanes of at least 4 members (excludes halogenated alkanes) is 1. The van der Waals surface area contributed by atoms with Gasteiger partial charge in [0.2, 0.25) is 10.0 Å². The van der Waals surface area contributed by atoms with Gasteiger partial charge in [0.15, 0.2) is 0 Å². The van der Waals surface area contributed by atoms with Crippen LogP contribution in [0.15, 0.2) is 23.1 Å². The van der Waals surface area contributed by atoms with Crippen LogP contribution in [0.2, 0.25) is 0 Å². The maximum absolute atomic E-state index is 12.5. The Labute approximate surface area is 162 Å². The van der Waals surface area contributed by atoms with E-state index in [2.05, 4.69) is 17.0 Å². The van der Waals surface area contributed by atoms with Crippen LogP contribution in [-0.2, 0) is 14.8 Å². The van der Waals surface area contributed by atoms with Crippen LogP contribution in [0.25, 0.3) is 0 Å². The minimum Gasteiger partial charge on any atom is -0.383 e. The molecule has 0 aliphatic heterocycles. The number of amides is 1. The number of carbonyl (C=O) groups is 1.